The smallest absolute Gasteiger partial charge is 0.416 e. The first-order valence-corrected chi connectivity index (χ1v) is 10.9. The molecule has 4 rings (SSSR count). The van der Waals surface area contributed by atoms with E-state index in [1.54, 1.807) is 12.1 Å². The fourth-order valence-corrected chi connectivity index (χ4v) is 3.33. The van der Waals surface area contributed by atoms with E-state index in [9.17, 15) is 22.8 Å². The second-order valence-corrected chi connectivity index (χ2v) is 8.00. The minimum atomic E-state index is -4.50. The van der Waals surface area contributed by atoms with Crippen LogP contribution in [-0.2, 0) is 17.5 Å². The molecule has 0 aliphatic carbocycles. The maximum Gasteiger partial charge on any atom is 0.416 e. The van der Waals surface area contributed by atoms with Crippen LogP contribution in [0.15, 0.2) is 93.6 Å². The molecule has 0 atom stereocenters. The van der Waals surface area contributed by atoms with E-state index in [1.807, 2.05) is 0 Å². The van der Waals surface area contributed by atoms with Gasteiger partial charge in [0.1, 0.15) is 23.0 Å². The molecule has 0 saturated carbocycles. The standard InChI is InChI=1S/C26H18ClF3N2O4/c27-19-8-6-16(7-9-19)24(33)32-22(25(34)31-15-21-5-2-12-35-21)14-20-10-11-23(36-20)17-3-1-4-18(13-17)26(28,29)30/h1-14H,15H2,(H,31,34)(H,32,33). The van der Waals surface area contributed by atoms with Crippen LogP contribution in [0.2, 0.25) is 5.02 Å². The molecule has 0 bridgehead atoms. The van der Waals surface area contributed by atoms with Gasteiger partial charge in [0.05, 0.1) is 18.4 Å². The maximum absolute atomic E-state index is 13.1. The number of nitrogens with one attached hydrogen (secondary N) is 2. The van der Waals surface area contributed by atoms with Crippen LogP contribution < -0.4 is 10.6 Å². The molecule has 36 heavy (non-hydrogen) atoms. The topological polar surface area (TPSA) is 84.5 Å². The predicted octanol–water partition coefficient (Wildman–Crippen LogP) is 6.30. The molecule has 0 aliphatic rings. The molecule has 6 nitrogen and oxygen atoms in total. The van der Waals surface area contributed by atoms with Gasteiger partial charge in [-0.2, -0.15) is 13.2 Å². The highest BCUT2D eigenvalue weighted by Gasteiger charge is 2.30. The summed E-state index contributed by atoms with van der Waals surface area (Å²) in [4.78, 5) is 25.6. The van der Waals surface area contributed by atoms with Gasteiger partial charge in [-0.15, -0.1) is 0 Å². The lowest BCUT2D eigenvalue weighted by Gasteiger charge is -2.10. The highest BCUT2D eigenvalue weighted by Crippen LogP contribution is 2.32. The SMILES string of the molecule is O=C(NCc1ccco1)C(=Cc1ccc(-c2cccc(C(F)(F)F)c2)o1)NC(=O)c1ccc(Cl)cc1. The Kier molecular flexibility index (Phi) is 7.30. The number of furan rings is 2. The molecule has 4 aromatic rings. The second kappa shape index (κ2) is 10.6. The van der Waals surface area contributed by atoms with E-state index in [1.165, 1.54) is 60.9 Å². The van der Waals surface area contributed by atoms with Crippen molar-refractivity contribution in [1.82, 2.24) is 10.6 Å². The van der Waals surface area contributed by atoms with Gasteiger partial charge in [-0.1, -0.05) is 23.7 Å². The van der Waals surface area contributed by atoms with E-state index >= 15 is 0 Å². The predicted molar refractivity (Wildman–Crippen MR) is 127 cm³/mol. The Morgan fingerprint density at radius 2 is 1.75 bits per heavy atom. The van der Waals surface area contributed by atoms with Crippen LogP contribution in [0, 0.1) is 0 Å². The fraction of sp³-hybridized carbons (Fsp3) is 0.0769. The van der Waals surface area contributed by atoms with E-state index < -0.39 is 23.6 Å². The molecular weight excluding hydrogens is 497 g/mol. The number of hydrogen-bond donors (Lipinski definition) is 2. The quantitative estimate of drug-likeness (QED) is 0.283. The van der Waals surface area contributed by atoms with Crippen molar-refractivity contribution in [3.05, 3.63) is 112 Å². The maximum atomic E-state index is 13.1. The van der Waals surface area contributed by atoms with Crippen LogP contribution in [-0.4, -0.2) is 11.8 Å². The van der Waals surface area contributed by atoms with Crippen molar-refractivity contribution in [1.29, 1.82) is 0 Å². The van der Waals surface area contributed by atoms with Crippen molar-refractivity contribution in [2.24, 2.45) is 0 Å². The first kappa shape index (κ1) is 24.9. The van der Waals surface area contributed by atoms with Gasteiger partial charge in [0.15, 0.2) is 0 Å². The van der Waals surface area contributed by atoms with Crippen LogP contribution in [0.1, 0.15) is 27.4 Å². The Morgan fingerprint density at radius 3 is 2.44 bits per heavy atom. The van der Waals surface area contributed by atoms with Gasteiger partial charge in [0, 0.05) is 22.2 Å². The zero-order valence-corrected chi connectivity index (χ0v) is 19.2. The normalized spacial score (nSPS) is 11.8. The fourth-order valence-electron chi connectivity index (χ4n) is 3.21. The molecule has 0 radical (unpaired) electrons. The van der Waals surface area contributed by atoms with E-state index in [0.717, 1.165) is 12.1 Å². The van der Waals surface area contributed by atoms with Crippen LogP contribution in [0.3, 0.4) is 0 Å². The molecule has 0 spiro atoms. The average Bonchev–Trinajstić information content (AvgIpc) is 3.54. The van der Waals surface area contributed by atoms with Crippen LogP contribution in [0.5, 0.6) is 0 Å². The number of carbonyl (C=O) groups excluding carboxylic acids is 2. The van der Waals surface area contributed by atoms with Crippen LogP contribution in [0.4, 0.5) is 13.2 Å². The van der Waals surface area contributed by atoms with Crippen molar-refractivity contribution in [2.75, 3.05) is 0 Å². The lowest BCUT2D eigenvalue weighted by Crippen LogP contribution is -2.34. The molecule has 2 amide bonds. The Bertz CT molecular complexity index is 1390. The zero-order valence-electron chi connectivity index (χ0n) is 18.4. The first-order chi connectivity index (χ1) is 17.2. The van der Waals surface area contributed by atoms with Crippen molar-refractivity contribution in [3.8, 4) is 11.3 Å². The number of carbonyl (C=O) groups is 2. The molecule has 184 valence electrons. The third-order valence-electron chi connectivity index (χ3n) is 4.99. The molecule has 2 aromatic heterocycles. The minimum Gasteiger partial charge on any atom is -0.467 e. The molecule has 2 N–H and O–H groups in total. The monoisotopic (exact) mass is 514 g/mol. The number of alkyl halides is 3. The third kappa shape index (κ3) is 6.25. The van der Waals surface area contributed by atoms with Crippen LogP contribution >= 0.6 is 11.6 Å². The number of hydrogen-bond acceptors (Lipinski definition) is 4. The van der Waals surface area contributed by atoms with Crippen molar-refractivity contribution >= 4 is 29.5 Å². The van der Waals surface area contributed by atoms with E-state index in [-0.39, 0.29) is 34.9 Å². The largest absolute Gasteiger partial charge is 0.467 e. The number of benzene rings is 2. The molecule has 0 fully saturated rings. The Morgan fingerprint density at radius 1 is 0.972 bits per heavy atom. The Labute approximate surface area is 208 Å². The molecule has 2 aromatic carbocycles. The summed E-state index contributed by atoms with van der Waals surface area (Å²) in [6, 6.07) is 17.0. The summed E-state index contributed by atoms with van der Waals surface area (Å²) in [6.45, 7) is 0.0631. The van der Waals surface area contributed by atoms with Crippen molar-refractivity contribution < 1.29 is 31.6 Å². The number of amides is 2. The van der Waals surface area contributed by atoms with Crippen molar-refractivity contribution in [2.45, 2.75) is 12.7 Å². The molecule has 10 heteroatoms. The highest BCUT2D eigenvalue weighted by molar-refractivity contribution is 6.30. The summed E-state index contributed by atoms with van der Waals surface area (Å²) in [5.74, 6) is -0.410. The molecule has 0 aliphatic heterocycles. The first-order valence-electron chi connectivity index (χ1n) is 10.6. The van der Waals surface area contributed by atoms with Gasteiger partial charge in [-0.3, -0.25) is 9.59 Å². The molecule has 0 unspecified atom stereocenters. The van der Waals surface area contributed by atoms with Gasteiger partial charge in [-0.05, 0) is 60.7 Å². The van der Waals surface area contributed by atoms with Gasteiger partial charge in [0.25, 0.3) is 11.8 Å². The Hall–Kier alpha value is -4.24. The average molecular weight is 515 g/mol. The highest BCUT2D eigenvalue weighted by atomic mass is 35.5. The number of rotatable bonds is 7. The summed E-state index contributed by atoms with van der Waals surface area (Å²) in [5, 5.41) is 5.61. The van der Waals surface area contributed by atoms with E-state index in [4.69, 9.17) is 20.4 Å². The second-order valence-electron chi connectivity index (χ2n) is 7.56. The summed E-state index contributed by atoms with van der Waals surface area (Å²) >= 11 is 5.87. The van der Waals surface area contributed by atoms with Crippen molar-refractivity contribution in [3.63, 3.8) is 0 Å². The van der Waals surface area contributed by atoms with E-state index in [2.05, 4.69) is 10.6 Å². The third-order valence-corrected chi connectivity index (χ3v) is 5.24. The Balaban J connectivity index is 1.60. The van der Waals surface area contributed by atoms with Crippen LogP contribution in [0.25, 0.3) is 17.4 Å². The van der Waals surface area contributed by atoms with Gasteiger partial charge in [0.2, 0.25) is 0 Å². The summed E-state index contributed by atoms with van der Waals surface area (Å²) in [5.41, 5.74) is -0.500. The van der Waals surface area contributed by atoms with Gasteiger partial charge in [-0.25, -0.2) is 0 Å². The van der Waals surface area contributed by atoms with E-state index in [0.29, 0.717) is 10.8 Å². The zero-order chi connectivity index (χ0) is 25.7. The lowest BCUT2D eigenvalue weighted by molar-refractivity contribution is -0.137. The summed E-state index contributed by atoms with van der Waals surface area (Å²) < 4.78 is 50.1. The van der Waals surface area contributed by atoms with Gasteiger partial charge < -0.3 is 19.5 Å². The lowest BCUT2D eigenvalue weighted by atomic mass is 10.1. The molecular formula is C26H18ClF3N2O4. The summed E-state index contributed by atoms with van der Waals surface area (Å²) in [7, 11) is 0. The minimum absolute atomic E-state index is 0.0631. The molecule has 0 saturated heterocycles. The molecule has 2 heterocycles. The summed E-state index contributed by atoms with van der Waals surface area (Å²) in [6.07, 6.45) is -1.77. The van der Waals surface area contributed by atoms with Gasteiger partial charge >= 0.3 is 6.18 Å². The number of halogens is 4.